The molecular weight excluding hydrogens is 551 g/mol. The first-order chi connectivity index (χ1) is 19.5. The molecule has 0 radical (unpaired) electrons. The Morgan fingerprint density at radius 2 is 1.48 bits per heavy atom. The second-order valence-corrected chi connectivity index (χ2v) is 12.8. The van der Waals surface area contributed by atoms with Crippen molar-refractivity contribution in [1.29, 1.82) is 0 Å². The van der Waals surface area contributed by atoms with Crippen molar-refractivity contribution in [2.45, 2.75) is 103 Å². The monoisotopic (exact) mass is 595 g/mol. The minimum absolute atomic E-state index is 0.0942. The lowest BCUT2D eigenvalue weighted by Crippen LogP contribution is -2.40. The van der Waals surface area contributed by atoms with Gasteiger partial charge in [-0.25, -0.2) is 14.8 Å². The van der Waals surface area contributed by atoms with Gasteiger partial charge in [-0.15, -0.1) is 0 Å². The summed E-state index contributed by atoms with van der Waals surface area (Å²) < 4.78 is 43.5. The number of carboxylic acid groups (broad SMARTS) is 1. The molecule has 2 aliphatic rings. The number of rotatable bonds is 6. The number of aliphatic carboxylic acids is 1. The molecule has 0 spiro atoms. The number of carboxylic acids is 1. The van der Waals surface area contributed by atoms with Gasteiger partial charge in [0.25, 0.3) is 0 Å². The Morgan fingerprint density at radius 3 is 1.98 bits per heavy atom. The van der Waals surface area contributed by atoms with Gasteiger partial charge in [0.2, 0.25) is 11.9 Å². The molecule has 0 unspecified atom stereocenters. The molecule has 2 aromatic rings. The van der Waals surface area contributed by atoms with Crippen molar-refractivity contribution in [2.24, 2.45) is 0 Å². The van der Waals surface area contributed by atoms with Crippen LogP contribution in [0.3, 0.4) is 0 Å². The predicted octanol–water partition coefficient (Wildman–Crippen LogP) is 5.88. The molecule has 0 saturated carbocycles. The molecule has 0 amide bonds. The molecule has 2 N–H and O–H groups in total. The molecule has 42 heavy (non-hydrogen) atoms. The minimum Gasteiger partial charge on any atom is -0.475 e. The summed E-state index contributed by atoms with van der Waals surface area (Å²) in [7, 11) is 0. The molecule has 234 valence electrons. The van der Waals surface area contributed by atoms with Crippen molar-refractivity contribution in [3.63, 3.8) is 0 Å². The van der Waals surface area contributed by atoms with E-state index in [0.717, 1.165) is 57.9 Å². The summed E-state index contributed by atoms with van der Waals surface area (Å²) in [5.41, 5.74) is 4.14. The normalized spacial score (nSPS) is 17.4. The topological polar surface area (TPSA) is 110 Å². The second-order valence-electron chi connectivity index (χ2n) is 12.8. The second kappa shape index (κ2) is 14.0. The van der Waals surface area contributed by atoms with Gasteiger partial charge in [0.05, 0.1) is 12.2 Å². The van der Waals surface area contributed by atoms with Crippen LogP contribution in [0.5, 0.6) is 0 Å². The average molecular weight is 596 g/mol. The molecule has 4 rings (SSSR count). The van der Waals surface area contributed by atoms with E-state index in [2.05, 4.69) is 79.9 Å². The van der Waals surface area contributed by atoms with E-state index >= 15 is 0 Å². The Kier molecular flexibility index (Phi) is 11.2. The molecule has 12 heteroatoms. The number of hydrogen-bond acceptors (Lipinski definition) is 8. The highest BCUT2D eigenvalue weighted by Gasteiger charge is 2.38. The highest BCUT2D eigenvalue weighted by molar-refractivity contribution is 5.73. The van der Waals surface area contributed by atoms with E-state index in [0.29, 0.717) is 24.7 Å². The van der Waals surface area contributed by atoms with Crippen molar-refractivity contribution in [3.05, 3.63) is 41.2 Å². The minimum atomic E-state index is -5.08. The van der Waals surface area contributed by atoms with Crippen molar-refractivity contribution < 1.29 is 32.5 Å². The number of alkyl halides is 3. The van der Waals surface area contributed by atoms with Crippen LogP contribution in [0.1, 0.15) is 83.9 Å². The number of piperidine rings is 1. The summed E-state index contributed by atoms with van der Waals surface area (Å²) in [5, 5.41) is 10.6. The number of nitrogens with one attached hydrogen (secondary N) is 1. The van der Waals surface area contributed by atoms with E-state index in [9.17, 15) is 13.2 Å². The van der Waals surface area contributed by atoms with Gasteiger partial charge < -0.3 is 24.8 Å². The third-order valence-corrected chi connectivity index (χ3v) is 7.26. The Balaban J connectivity index is 0.000000616. The Hall–Kier alpha value is -2.99. The fourth-order valence-electron chi connectivity index (χ4n) is 4.64. The lowest BCUT2D eigenvalue weighted by Gasteiger charge is -2.34. The fourth-order valence-corrected chi connectivity index (χ4v) is 4.64. The standard InChI is InChI=1S/C28H43N5O2.C2HF3O2/c1-27(2,3)21-15-20(16-22(17-21)28(4,5)6)18-29-25-30-19-31-26(32-25)33-11-7-23(8-12-33)35-24-9-13-34-14-10-24;3-2(4,5)1(6)7/h15-17,19,23-24H,7-14,18H2,1-6H3,(H,29,30,31,32);(H,6,7). The lowest BCUT2D eigenvalue weighted by atomic mass is 9.79. The SMILES string of the molecule is CC(C)(C)c1cc(CNc2ncnc(N3CCC(OC4CCOCC4)CC3)n2)cc(C(C)(C)C)c1.O=C(O)C(F)(F)F. The first kappa shape index (κ1) is 33.5. The van der Waals surface area contributed by atoms with Gasteiger partial charge in [-0.2, -0.15) is 18.2 Å². The van der Waals surface area contributed by atoms with Crippen LogP contribution in [0.25, 0.3) is 0 Å². The number of carbonyl (C=O) groups is 1. The number of ether oxygens (including phenoxy) is 2. The smallest absolute Gasteiger partial charge is 0.475 e. The maximum atomic E-state index is 10.6. The van der Waals surface area contributed by atoms with E-state index in [1.165, 1.54) is 16.7 Å². The van der Waals surface area contributed by atoms with Crippen molar-refractivity contribution in [3.8, 4) is 0 Å². The Bertz CT molecular complexity index is 1130. The van der Waals surface area contributed by atoms with Crippen LogP contribution in [0.15, 0.2) is 24.5 Å². The molecule has 2 aliphatic heterocycles. The molecular formula is C30H44F3N5O4. The summed E-state index contributed by atoms with van der Waals surface area (Å²) in [6, 6.07) is 6.95. The van der Waals surface area contributed by atoms with Crippen LogP contribution in [0.4, 0.5) is 25.1 Å². The first-order valence-corrected chi connectivity index (χ1v) is 14.4. The predicted molar refractivity (Wildman–Crippen MR) is 155 cm³/mol. The van der Waals surface area contributed by atoms with Gasteiger partial charge in [0.15, 0.2) is 0 Å². The summed E-state index contributed by atoms with van der Waals surface area (Å²) in [5.74, 6) is -1.40. The van der Waals surface area contributed by atoms with E-state index in [1.807, 2.05) is 0 Å². The first-order valence-electron chi connectivity index (χ1n) is 14.4. The largest absolute Gasteiger partial charge is 0.490 e. The zero-order valence-corrected chi connectivity index (χ0v) is 25.4. The summed E-state index contributed by atoms with van der Waals surface area (Å²) in [4.78, 5) is 24.7. The fraction of sp³-hybridized carbons (Fsp3) is 0.667. The van der Waals surface area contributed by atoms with Crippen LogP contribution in [-0.4, -0.2) is 70.7 Å². The van der Waals surface area contributed by atoms with Crippen molar-refractivity contribution >= 4 is 17.9 Å². The number of anilines is 2. The lowest BCUT2D eigenvalue weighted by molar-refractivity contribution is -0.192. The maximum Gasteiger partial charge on any atom is 0.490 e. The molecule has 0 aliphatic carbocycles. The number of benzene rings is 1. The van der Waals surface area contributed by atoms with E-state index in [4.69, 9.17) is 24.4 Å². The van der Waals surface area contributed by atoms with Crippen LogP contribution in [0, 0.1) is 0 Å². The summed E-state index contributed by atoms with van der Waals surface area (Å²) in [6.45, 7) is 17.7. The number of hydrogen-bond donors (Lipinski definition) is 2. The Morgan fingerprint density at radius 1 is 0.952 bits per heavy atom. The highest BCUT2D eigenvalue weighted by atomic mass is 19.4. The van der Waals surface area contributed by atoms with Gasteiger partial charge in [-0.05, 0) is 53.2 Å². The van der Waals surface area contributed by atoms with Gasteiger partial charge in [-0.3, -0.25) is 0 Å². The number of halogens is 3. The van der Waals surface area contributed by atoms with Crippen molar-refractivity contribution in [2.75, 3.05) is 36.5 Å². The highest BCUT2D eigenvalue weighted by Crippen LogP contribution is 2.30. The summed E-state index contributed by atoms with van der Waals surface area (Å²) >= 11 is 0. The summed E-state index contributed by atoms with van der Waals surface area (Å²) in [6.07, 6.45) is 1.23. The van der Waals surface area contributed by atoms with Crippen LogP contribution >= 0.6 is 0 Å². The van der Waals surface area contributed by atoms with Gasteiger partial charge in [-0.1, -0.05) is 59.7 Å². The third kappa shape index (κ3) is 10.4. The van der Waals surface area contributed by atoms with Gasteiger partial charge in [0.1, 0.15) is 6.33 Å². The van der Waals surface area contributed by atoms with Gasteiger partial charge >= 0.3 is 12.1 Å². The molecule has 1 aromatic heterocycles. The molecule has 2 saturated heterocycles. The average Bonchev–Trinajstić information content (AvgIpc) is 2.92. The van der Waals surface area contributed by atoms with Crippen LogP contribution < -0.4 is 10.2 Å². The van der Waals surface area contributed by atoms with E-state index in [1.54, 1.807) is 6.33 Å². The molecule has 0 bridgehead atoms. The zero-order valence-electron chi connectivity index (χ0n) is 25.4. The third-order valence-electron chi connectivity index (χ3n) is 7.26. The van der Waals surface area contributed by atoms with Crippen LogP contribution in [-0.2, 0) is 31.6 Å². The Labute approximate surface area is 246 Å². The van der Waals surface area contributed by atoms with Gasteiger partial charge in [0, 0.05) is 32.8 Å². The maximum absolute atomic E-state index is 10.6. The van der Waals surface area contributed by atoms with E-state index < -0.39 is 12.1 Å². The molecule has 2 fully saturated rings. The molecule has 1 aromatic carbocycles. The molecule has 0 atom stereocenters. The number of nitrogens with zero attached hydrogens (tertiary/aromatic N) is 4. The number of aromatic nitrogens is 3. The quantitative estimate of drug-likeness (QED) is 0.423. The van der Waals surface area contributed by atoms with Crippen molar-refractivity contribution in [1.82, 2.24) is 15.0 Å². The molecule has 3 heterocycles. The van der Waals surface area contributed by atoms with Crippen LogP contribution in [0.2, 0.25) is 0 Å². The van der Waals surface area contributed by atoms with E-state index in [-0.39, 0.29) is 10.8 Å². The zero-order chi connectivity index (χ0) is 31.1. The molecule has 9 nitrogen and oxygen atoms in total.